The lowest BCUT2D eigenvalue weighted by Gasteiger charge is -2.26. The third kappa shape index (κ3) is 4.81. The average molecular weight is 439 g/mol. The Hall–Kier alpha value is -3.90. The van der Waals surface area contributed by atoms with Crippen LogP contribution in [-0.4, -0.2) is 28.4 Å². The maximum Gasteiger partial charge on any atom is 0.161 e. The summed E-state index contributed by atoms with van der Waals surface area (Å²) < 4.78 is 13.5. The average Bonchev–Trinajstić information content (AvgIpc) is 3.41. The molecule has 33 heavy (non-hydrogen) atoms. The Labute approximate surface area is 193 Å². The molecule has 3 aromatic carbocycles. The summed E-state index contributed by atoms with van der Waals surface area (Å²) in [7, 11) is 1.69. The van der Waals surface area contributed by atoms with Crippen molar-refractivity contribution in [1.29, 1.82) is 0 Å². The van der Waals surface area contributed by atoms with Crippen molar-refractivity contribution in [3.8, 4) is 17.2 Å². The molecule has 0 radical (unpaired) electrons. The SMILES string of the molecule is COc1cc2c(cc1OCc1ccccc1)CCNC2C=Cc1ccc(-n2cncn2)cc1. The van der Waals surface area contributed by atoms with Gasteiger partial charge in [0.05, 0.1) is 18.8 Å². The molecule has 0 saturated carbocycles. The molecule has 0 saturated heterocycles. The number of nitrogens with zero attached hydrogens (tertiary/aromatic N) is 3. The molecule has 2 heterocycles. The van der Waals surface area contributed by atoms with Crippen LogP contribution < -0.4 is 14.8 Å². The fourth-order valence-corrected chi connectivity index (χ4v) is 4.06. The Morgan fingerprint density at radius 2 is 1.91 bits per heavy atom. The van der Waals surface area contributed by atoms with Gasteiger partial charge in [-0.1, -0.05) is 54.6 Å². The second-order valence-corrected chi connectivity index (χ2v) is 7.95. The lowest BCUT2D eigenvalue weighted by atomic mass is 9.93. The van der Waals surface area contributed by atoms with Gasteiger partial charge in [-0.2, -0.15) is 5.10 Å². The van der Waals surface area contributed by atoms with Crippen LogP contribution in [0.5, 0.6) is 11.5 Å². The Morgan fingerprint density at radius 3 is 2.67 bits per heavy atom. The highest BCUT2D eigenvalue weighted by molar-refractivity contribution is 5.55. The Bertz CT molecular complexity index is 1220. The lowest BCUT2D eigenvalue weighted by molar-refractivity contribution is 0.283. The van der Waals surface area contributed by atoms with E-state index in [2.05, 4.69) is 63.9 Å². The molecule has 1 atom stereocenters. The van der Waals surface area contributed by atoms with E-state index in [1.165, 1.54) is 17.5 Å². The van der Waals surface area contributed by atoms with Gasteiger partial charge in [-0.3, -0.25) is 0 Å². The molecule has 0 fully saturated rings. The first-order valence-electron chi connectivity index (χ1n) is 11.0. The summed E-state index contributed by atoms with van der Waals surface area (Å²) in [6.45, 7) is 1.43. The van der Waals surface area contributed by atoms with Gasteiger partial charge in [0, 0.05) is 6.54 Å². The van der Waals surface area contributed by atoms with Crippen molar-refractivity contribution < 1.29 is 9.47 Å². The minimum Gasteiger partial charge on any atom is -0.493 e. The number of nitrogens with one attached hydrogen (secondary N) is 1. The molecule has 4 aromatic rings. The lowest BCUT2D eigenvalue weighted by Crippen LogP contribution is -2.28. The smallest absolute Gasteiger partial charge is 0.161 e. The normalized spacial score (nSPS) is 15.4. The fraction of sp³-hybridized carbons (Fsp3) is 0.185. The molecule has 6 heteroatoms. The van der Waals surface area contributed by atoms with E-state index in [1.54, 1.807) is 18.1 Å². The molecular weight excluding hydrogens is 412 g/mol. The predicted octanol–water partition coefficient (Wildman–Crippen LogP) is 4.76. The molecule has 0 aliphatic carbocycles. The van der Waals surface area contributed by atoms with Gasteiger partial charge in [-0.25, -0.2) is 9.67 Å². The van der Waals surface area contributed by atoms with Crippen LogP contribution in [0.25, 0.3) is 11.8 Å². The Kier molecular flexibility index (Phi) is 6.17. The van der Waals surface area contributed by atoms with Crippen molar-refractivity contribution in [2.45, 2.75) is 19.1 Å². The highest BCUT2D eigenvalue weighted by Gasteiger charge is 2.21. The summed E-state index contributed by atoms with van der Waals surface area (Å²) in [6, 6.07) is 22.8. The summed E-state index contributed by atoms with van der Waals surface area (Å²) in [5, 5.41) is 7.77. The quantitative estimate of drug-likeness (QED) is 0.451. The van der Waals surface area contributed by atoms with E-state index in [4.69, 9.17) is 9.47 Å². The van der Waals surface area contributed by atoms with Gasteiger partial charge in [-0.15, -0.1) is 0 Å². The zero-order valence-corrected chi connectivity index (χ0v) is 18.5. The minimum atomic E-state index is 0.112. The van der Waals surface area contributed by atoms with Crippen LogP contribution in [0.15, 0.2) is 85.5 Å². The number of methoxy groups -OCH3 is 1. The van der Waals surface area contributed by atoms with Gasteiger partial charge in [-0.05, 0) is 52.9 Å². The van der Waals surface area contributed by atoms with Crippen LogP contribution in [0.1, 0.15) is 28.3 Å². The van der Waals surface area contributed by atoms with E-state index in [1.807, 2.05) is 30.3 Å². The van der Waals surface area contributed by atoms with Gasteiger partial charge in [0.2, 0.25) is 0 Å². The van der Waals surface area contributed by atoms with E-state index in [9.17, 15) is 0 Å². The standard InChI is InChI=1S/C27H26N4O2/c1-32-26-16-24-22(15-27(26)33-17-21-5-3-2-4-6-21)13-14-29-25(24)12-9-20-7-10-23(11-8-20)31-19-28-18-30-31/h2-12,15-16,18-19,25,29H,13-14,17H2,1H3. The Morgan fingerprint density at radius 1 is 1.06 bits per heavy atom. The molecule has 6 nitrogen and oxygen atoms in total. The highest BCUT2D eigenvalue weighted by atomic mass is 16.5. The Balaban J connectivity index is 1.34. The van der Waals surface area contributed by atoms with Crippen LogP contribution in [0, 0.1) is 0 Å². The van der Waals surface area contributed by atoms with Gasteiger partial charge < -0.3 is 14.8 Å². The molecule has 1 aliphatic rings. The van der Waals surface area contributed by atoms with E-state index >= 15 is 0 Å². The van der Waals surface area contributed by atoms with Crippen molar-refractivity contribution in [3.63, 3.8) is 0 Å². The largest absolute Gasteiger partial charge is 0.493 e. The van der Waals surface area contributed by atoms with Crippen LogP contribution in [0.3, 0.4) is 0 Å². The summed E-state index contributed by atoms with van der Waals surface area (Å²) in [6.07, 6.45) is 8.53. The second-order valence-electron chi connectivity index (χ2n) is 7.95. The summed E-state index contributed by atoms with van der Waals surface area (Å²) in [5.41, 5.74) is 5.75. The van der Waals surface area contributed by atoms with Crippen LogP contribution >= 0.6 is 0 Å². The van der Waals surface area contributed by atoms with Crippen LogP contribution in [0.2, 0.25) is 0 Å². The zero-order valence-electron chi connectivity index (χ0n) is 18.5. The van der Waals surface area contributed by atoms with Crippen molar-refractivity contribution in [1.82, 2.24) is 20.1 Å². The van der Waals surface area contributed by atoms with Gasteiger partial charge in [0.15, 0.2) is 11.5 Å². The molecule has 5 rings (SSSR count). The predicted molar refractivity (Wildman–Crippen MR) is 129 cm³/mol. The topological polar surface area (TPSA) is 61.2 Å². The molecule has 1 aliphatic heterocycles. The van der Waals surface area contributed by atoms with Gasteiger partial charge in [0.25, 0.3) is 0 Å². The molecule has 1 aromatic heterocycles. The zero-order chi connectivity index (χ0) is 22.5. The number of hydrogen-bond donors (Lipinski definition) is 1. The fourth-order valence-electron chi connectivity index (χ4n) is 4.06. The first-order valence-corrected chi connectivity index (χ1v) is 11.0. The molecule has 1 N–H and O–H groups in total. The van der Waals surface area contributed by atoms with Crippen molar-refractivity contribution in [3.05, 3.63) is 108 Å². The number of rotatable bonds is 7. The number of benzene rings is 3. The van der Waals surface area contributed by atoms with Crippen LogP contribution in [-0.2, 0) is 13.0 Å². The van der Waals surface area contributed by atoms with Gasteiger partial charge in [0.1, 0.15) is 19.3 Å². The molecule has 166 valence electrons. The molecular formula is C27H26N4O2. The molecule has 0 bridgehead atoms. The van der Waals surface area contributed by atoms with Crippen LogP contribution in [0.4, 0.5) is 0 Å². The summed E-state index contributed by atoms with van der Waals surface area (Å²) >= 11 is 0. The third-order valence-electron chi connectivity index (χ3n) is 5.81. The molecule has 1 unspecified atom stereocenters. The minimum absolute atomic E-state index is 0.112. The first-order chi connectivity index (χ1) is 16.3. The monoisotopic (exact) mass is 438 g/mol. The van der Waals surface area contributed by atoms with E-state index in [0.717, 1.165) is 41.3 Å². The van der Waals surface area contributed by atoms with E-state index in [-0.39, 0.29) is 6.04 Å². The molecule has 0 spiro atoms. The summed E-state index contributed by atoms with van der Waals surface area (Å²) in [4.78, 5) is 4.00. The maximum absolute atomic E-state index is 6.11. The van der Waals surface area contributed by atoms with Crippen molar-refractivity contribution in [2.75, 3.05) is 13.7 Å². The van der Waals surface area contributed by atoms with E-state index in [0.29, 0.717) is 6.61 Å². The maximum atomic E-state index is 6.11. The number of fused-ring (bicyclic) bond motifs is 1. The van der Waals surface area contributed by atoms with E-state index < -0.39 is 0 Å². The molecule has 0 amide bonds. The number of ether oxygens (including phenoxy) is 2. The first kappa shape index (κ1) is 21.0. The second kappa shape index (κ2) is 9.71. The number of hydrogen-bond acceptors (Lipinski definition) is 5. The number of aromatic nitrogens is 3. The van der Waals surface area contributed by atoms with Crippen molar-refractivity contribution in [2.24, 2.45) is 0 Å². The summed E-state index contributed by atoms with van der Waals surface area (Å²) in [5.74, 6) is 1.54. The highest BCUT2D eigenvalue weighted by Crippen LogP contribution is 2.36. The third-order valence-corrected chi connectivity index (χ3v) is 5.81. The van der Waals surface area contributed by atoms with Gasteiger partial charge >= 0.3 is 0 Å². The van der Waals surface area contributed by atoms with Crippen molar-refractivity contribution >= 4 is 6.08 Å².